The summed E-state index contributed by atoms with van der Waals surface area (Å²) in [7, 11) is 0. The molecule has 1 rings (SSSR count). The Morgan fingerprint density at radius 3 is 2.42 bits per heavy atom. The second kappa shape index (κ2) is 9.38. The van der Waals surface area contributed by atoms with Gasteiger partial charge in [0.1, 0.15) is 5.82 Å². The first-order chi connectivity index (χ1) is 9.11. The quantitative estimate of drug-likeness (QED) is 0.658. The highest BCUT2D eigenvalue weighted by atomic mass is 32.2. The van der Waals surface area contributed by atoms with E-state index in [4.69, 9.17) is 0 Å². The number of nitrogens with one attached hydrogen (secondary N) is 1. The average Bonchev–Trinajstić information content (AvgIpc) is 2.39. The van der Waals surface area contributed by atoms with Crippen molar-refractivity contribution >= 4 is 11.8 Å². The van der Waals surface area contributed by atoms with E-state index in [1.165, 1.54) is 31.4 Å². The van der Waals surface area contributed by atoms with E-state index in [1.807, 2.05) is 23.9 Å². The Labute approximate surface area is 121 Å². The van der Waals surface area contributed by atoms with Gasteiger partial charge >= 0.3 is 0 Å². The molecular formula is C16H26FNS. The number of benzene rings is 1. The predicted octanol–water partition coefficient (Wildman–Crippen LogP) is 4.72. The van der Waals surface area contributed by atoms with Crippen LogP contribution in [0.4, 0.5) is 4.39 Å². The maximum atomic E-state index is 12.8. The van der Waals surface area contributed by atoms with Crippen molar-refractivity contribution in [2.24, 2.45) is 5.92 Å². The lowest BCUT2D eigenvalue weighted by Gasteiger charge is -2.19. The van der Waals surface area contributed by atoms with Gasteiger partial charge in [0.2, 0.25) is 0 Å². The third kappa shape index (κ3) is 7.58. The second-order valence-corrected chi connectivity index (χ2v) is 6.48. The van der Waals surface area contributed by atoms with Gasteiger partial charge in [0.05, 0.1) is 0 Å². The molecule has 0 saturated carbocycles. The van der Waals surface area contributed by atoms with Gasteiger partial charge in [0, 0.05) is 16.7 Å². The standard InChI is InChI=1S/C16H26FNS/c1-4-11-18-15(8-5-13(2)3)12-19-16-9-6-14(17)7-10-16/h6-7,9-10,13,15,18H,4-5,8,11-12H2,1-3H3. The summed E-state index contributed by atoms with van der Waals surface area (Å²) in [6.07, 6.45) is 3.64. The van der Waals surface area contributed by atoms with Crippen molar-refractivity contribution in [2.45, 2.75) is 51.0 Å². The van der Waals surface area contributed by atoms with Crippen molar-refractivity contribution in [3.63, 3.8) is 0 Å². The molecule has 0 heterocycles. The van der Waals surface area contributed by atoms with Gasteiger partial charge in [-0.2, -0.15) is 0 Å². The first-order valence-corrected chi connectivity index (χ1v) is 8.22. The van der Waals surface area contributed by atoms with Gasteiger partial charge in [0.25, 0.3) is 0 Å². The van der Waals surface area contributed by atoms with Crippen LogP contribution in [0, 0.1) is 11.7 Å². The minimum Gasteiger partial charge on any atom is -0.313 e. The van der Waals surface area contributed by atoms with Crippen LogP contribution in [-0.4, -0.2) is 18.3 Å². The largest absolute Gasteiger partial charge is 0.313 e. The van der Waals surface area contributed by atoms with Gasteiger partial charge in [-0.15, -0.1) is 11.8 Å². The average molecular weight is 283 g/mol. The SMILES string of the molecule is CCCNC(CCC(C)C)CSc1ccc(F)cc1. The fraction of sp³-hybridized carbons (Fsp3) is 0.625. The van der Waals surface area contributed by atoms with Gasteiger partial charge in [-0.05, 0) is 56.0 Å². The third-order valence-electron chi connectivity index (χ3n) is 3.04. The Morgan fingerprint density at radius 1 is 1.16 bits per heavy atom. The molecule has 0 aromatic heterocycles. The van der Waals surface area contributed by atoms with Crippen LogP contribution in [-0.2, 0) is 0 Å². The number of rotatable bonds is 9. The summed E-state index contributed by atoms with van der Waals surface area (Å²) in [4.78, 5) is 1.15. The molecule has 0 amide bonds. The van der Waals surface area contributed by atoms with Crippen LogP contribution in [0.15, 0.2) is 29.2 Å². The van der Waals surface area contributed by atoms with Crippen molar-refractivity contribution in [3.8, 4) is 0 Å². The molecule has 0 spiro atoms. The maximum Gasteiger partial charge on any atom is 0.123 e. The lowest BCUT2D eigenvalue weighted by atomic mass is 10.0. The minimum absolute atomic E-state index is 0.162. The zero-order valence-corrected chi connectivity index (χ0v) is 13.1. The Balaban J connectivity index is 2.39. The molecule has 1 aromatic carbocycles. The van der Waals surface area contributed by atoms with Crippen LogP contribution in [0.5, 0.6) is 0 Å². The number of hydrogen-bond acceptors (Lipinski definition) is 2. The van der Waals surface area contributed by atoms with Crippen molar-refractivity contribution in [2.75, 3.05) is 12.3 Å². The van der Waals surface area contributed by atoms with Crippen molar-refractivity contribution in [3.05, 3.63) is 30.1 Å². The van der Waals surface area contributed by atoms with Gasteiger partial charge in [-0.1, -0.05) is 20.8 Å². The highest BCUT2D eigenvalue weighted by Gasteiger charge is 2.09. The Kier molecular flexibility index (Phi) is 8.15. The molecule has 1 atom stereocenters. The summed E-state index contributed by atoms with van der Waals surface area (Å²) in [6, 6.07) is 7.34. The summed E-state index contributed by atoms with van der Waals surface area (Å²) in [6.45, 7) is 7.81. The third-order valence-corrected chi connectivity index (χ3v) is 4.21. The molecule has 1 nitrogen and oxygen atoms in total. The first kappa shape index (κ1) is 16.5. The Hall–Kier alpha value is -0.540. The van der Waals surface area contributed by atoms with Crippen LogP contribution < -0.4 is 5.32 Å². The molecule has 0 bridgehead atoms. The van der Waals surface area contributed by atoms with E-state index in [0.717, 1.165) is 23.1 Å². The van der Waals surface area contributed by atoms with Crippen LogP contribution in [0.2, 0.25) is 0 Å². The molecule has 108 valence electrons. The van der Waals surface area contributed by atoms with Gasteiger partial charge < -0.3 is 5.32 Å². The molecule has 1 unspecified atom stereocenters. The zero-order chi connectivity index (χ0) is 14.1. The molecule has 0 saturated heterocycles. The molecule has 19 heavy (non-hydrogen) atoms. The van der Waals surface area contributed by atoms with Crippen LogP contribution in [0.3, 0.4) is 0 Å². The van der Waals surface area contributed by atoms with Gasteiger partial charge in [-0.25, -0.2) is 4.39 Å². The Bertz CT molecular complexity index is 337. The summed E-state index contributed by atoms with van der Waals surface area (Å²) in [5, 5.41) is 3.61. The zero-order valence-electron chi connectivity index (χ0n) is 12.3. The smallest absolute Gasteiger partial charge is 0.123 e. The van der Waals surface area contributed by atoms with E-state index in [1.54, 1.807) is 0 Å². The Morgan fingerprint density at radius 2 is 1.84 bits per heavy atom. The molecule has 0 fully saturated rings. The highest BCUT2D eigenvalue weighted by Crippen LogP contribution is 2.21. The molecular weight excluding hydrogens is 257 g/mol. The lowest BCUT2D eigenvalue weighted by molar-refractivity contribution is 0.456. The predicted molar refractivity (Wildman–Crippen MR) is 83.3 cm³/mol. The fourth-order valence-corrected chi connectivity index (χ4v) is 2.86. The normalized spacial score (nSPS) is 12.9. The maximum absolute atomic E-state index is 12.8. The topological polar surface area (TPSA) is 12.0 Å². The molecule has 3 heteroatoms. The number of thioether (sulfide) groups is 1. The molecule has 0 aliphatic carbocycles. The van der Waals surface area contributed by atoms with Crippen LogP contribution in [0.25, 0.3) is 0 Å². The fourth-order valence-electron chi connectivity index (χ4n) is 1.85. The molecule has 0 aliphatic rings. The summed E-state index contributed by atoms with van der Waals surface area (Å²) < 4.78 is 12.8. The first-order valence-electron chi connectivity index (χ1n) is 7.23. The van der Waals surface area contributed by atoms with E-state index >= 15 is 0 Å². The summed E-state index contributed by atoms with van der Waals surface area (Å²) in [5.41, 5.74) is 0. The van der Waals surface area contributed by atoms with Gasteiger partial charge in [-0.3, -0.25) is 0 Å². The molecule has 0 aliphatic heterocycles. The molecule has 1 aromatic rings. The van der Waals surface area contributed by atoms with E-state index in [0.29, 0.717) is 6.04 Å². The van der Waals surface area contributed by atoms with Crippen molar-refractivity contribution in [1.82, 2.24) is 5.32 Å². The highest BCUT2D eigenvalue weighted by molar-refractivity contribution is 7.99. The molecule has 0 radical (unpaired) electrons. The number of hydrogen-bond donors (Lipinski definition) is 1. The van der Waals surface area contributed by atoms with E-state index < -0.39 is 0 Å². The summed E-state index contributed by atoms with van der Waals surface area (Å²) >= 11 is 1.81. The number of halogens is 1. The summed E-state index contributed by atoms with van der Waals surface area (Å²) in [5.74, 6) is 1.64. The van der Waals surface area contributed by atoms with Crippen molar-refractivity contribution < 1.29 is 4.39 Å². The minimum atomic E-state index is -0.162. The van der Waals surface area contributed by atoms with E-state index in [-0.39, 0.29) is 5.82 Å². The van der Waals surface area contributed by atoms with E-state index in [2.05, 4.69) is 26.1 Å². The van der Waals surface area contributed by atoms with E-state index in [9.17, 15) is 4.39 Å². The second-order valence-electron chi connectivity index (χ2n) is 5.39. The molecule has 1 N–H and O–H groups in total. The monoisotopic (exact) mass is 283 g/mol. The van der Waals surface area contributed by atoms with Crippen molar-refractivity contribution in [1.29, 1.82) is 0 Å². The van der Waals surface area contributed by atoms with Crippen LogP contribution in [0.1, 0.15) is 40.0 Å². The van der Waals surface area contributed by atoms with Gasteiger partial charge in [0.15, 0.2) is 0 Å². The lowest BCUT2D eigenvalue weighted by Crippen LogP contribution is -2.32. The van der Waals surface area contributed by atoms with Crippen LogP contribution >= 0.6 is 11.8 Å².